The van der Waals surface area contributed by atoms with E-state index in [0.717, 1.165) is 25.2 Å². The van der Waals surface area contributed by atoms with Crippen molar-refractivity contribution in [3.63, 3.8) is 0 Å². The number of nitrogens with zero attached hydrogens (tertiary/aromatic N) is 1. The van der Waals surface area contributed by atoms with Crippen LogP contribution in [0, 0.1) is 0 Å². The molecule has 0 aliphatic carbocycles. The highest BCUT2D eigenvalue weighted by Gasteiger charge is 2.19. The monoisotopic (exact) mass is 358 g/mol. The molecule has 0 bridgehead atoms. The summed E-state index contributed by atoms with van der Waals surface area (Å²) >= 11 is 7.43. The lowest BCUT2D eigenvalue weighted by Crippen LogP contribution is -2.22. The number of sulfonamides is 1. The van der Waals surface area contributed by atoms with Crippen molar-refractivity contribution < 1.29 is 8.42 Å². The van der Waals surface area contributed by atoms with Crippen LogP contribution < -0.4 is 15.4 Å². The summed E-state index contributed by atoms with van der Waals surface area (Å²) in [6.45, 7) is 1.85. The van der Waals surface area contributed by atoms with E-state index in [1.165, 1.54) is 29.7 Å². The first kappa shape index (κ1) is 15.5. The van der Waals surface area contributed by atoms with Crippen LogP contribution in [-0.2, 0) is 10.0 Å². The van der Waals surface area contributed by atoms with Crippen LogP contribution in [0.25, 0.3) is 0 Å². The molecule has 1 atom stereocenters. The summed E-state index contributed by atoms with van der Waals surface area (Å²) in [5.41, 5.74) is 0.739. The summed E-state index contributed by atoms with van der Waals surface area (Å²) in [5.74, 6) is 0. The highest BCUT2D eigenvalue weighted by atomic mass is 35.5. The van der Waals surface area contributed by atoms with Crippen molar-refractivity contribution in [2.45, 2.75) is 17.4 Å². The molecule has 2 aromatic rings. The third kappa shape index (κ3) is 3.52. The Hall–Kier alpha value is -1.35. The van der Waals surface area contributed by atoms with Gasteiger partial charge in [-0.3, -0.25) is 4.72 Å². The van der Waals surface area contributed by atoms with E-state index in [9.17, 15) is 8.42 Å². The Balaban J connectivity index is 1.78. The van der Waals surface area contributed by atoms with Gasteiger partial charge in [0.15, 0.2) is 5.13 Å². The average Bonchev–Trinajstić information content (AvgIpc) is 3.14. The Morgan fingerprint density at radius 3 is 2.91 bits per heavy atom. The second-order valence-electron chi connectivity index (χ2n) is 4.92. The van der Waals surface area contributed by atoms with Crippen LogP contribution in [0.2, 0.25) is 5.02 Å². The van der Waals surface area contributed by atoms with Crippen molar-refractivity contribution in [3.8, 4) is 0 Å². The minimum absolute atomic E-state index is 0.114. The summed E-state index contributed by atoms with van der Waals surface area (Å²) < 4.78 is 27.0. The van der Waals surface area contributed by atoms with Crippen molar-refractivity contribution in [2.24, 2.45) is 0 Å². The van der Waals surface area contributed by atoms with Crippen molar-refractivity contribution in [1.82, 2.24) is 10.3 Å². The average molecular weight is 359 g/mol. The first-order valence-electron chi connectivity index (χ1n) is 6.74. The van der Waals surface area contributed by atoms with Crippen LogP contribution in [0.15, 0.2) is 34.7 Å². The molecule has 22 heavy (non-hydrogen) atoms. The van der Waals surface area contributed by atoms with Crippen LogP contribution in [0.3, 0.4) is 0 Å². The molecule has 9 heteroatoms. The summed E-state index contributed by atoms with van der Waals surface area (Å²) in [6, 6.07) is 4.99. The van der Waals surface area contributed by atoms with Crippen molar-refractivity contribution >= 4 is 43.8 Å². The maximum Gasteiger partial charge on any atom is 0.263 e. The Bertz CT molecular complexity index is 743. The minimum atomic E-state index is -3.68. The topological polar surface area (TPSA) is 83.1 Å². The molecule has 1 unspecified atom stereocenters. The van der Waals surface area contributed by atoms with E-state index in [1.807, 2.05) is 0 Å². The quantitative estimate of drug-likeness (QED) is 0.764. The lowest BCUT2D eigenvalue weighted by molar-refractivity contribution is 0.601. The fraction of sp³-hybridized carbons (Fsp3) is 0.308. The van der Waals surface area contributed by atoms with Crippen molar-refractivity contribution in [3.05, 3.63) is 34.8 Å². The number of rotatable bonds is 5. The predicted octanol–water partition coefficient (Wildman–Crippen LogP) is 2.37. The number of nitrogens with one attached hydrogen (secondary N) is 3. The molecular formula is C13H15ClN4O2S2. The van der Waals surface area contributed by atoms with E-state index in [0.29, 0.717) is 16.2 Å². The molecule has 6 nitrogen and oxygen atoms in total. The van der Waals surface area contributed by atoms with E-state index in [2.05, 4.69) is 20.3 Å². The largest absolute Gasteiger partial charge is 0.380 e. The number of thiazole rings is 1. The molecule has 0 saturated carbocycles. The molecule has 1 saturated heterocycles. The Morgan fingerprint density at radius 2 is 2.27 bits per heavy atom. The summed E-state index contributed by atoms with van der Waals surface area (Å²) in [4.78, 5) is 4.03. The molecule has 3 N–H and O–H groups in total. The third-order valence-electron chi connectivity index (χ3n) is 3.32. The summed E-state index contributed by atoms with van der Waals surface area (Å²) in [5, 5.41) is 8.98. The van der Waals surface area contributed by atoms with Crippen LogP contribution in [0.5, 0.6) is 0 Å². The van der Waals surface area contributed by atoms with Crippen LogP contribution in [-0.4, -0.2) is 32.5 Å². The molecule has 1 aromatic heterocycles. The SMILES string of the molecule is O=S(=O)(Nc1nccs1)c1ccc(NC2CCNC2)c(Cl)c1. The molecule has 2 heterocycles. The maximum atomic E-state index is 12.3. The van der Waals surface area contributed by atoms with Crippen molar-refractivity contribution in [2.75, 3.05) is 23.1 Å². The lowest BCUT2D eigenvalue weighted by Gasteiger charge is -2.15. The smallest absolute Gasteiger partial charge is 0.263 e. The first-order chi connectivity index (χ1) is 10.5. The Morgan fingerprint density at radius 1 is 1.41 bits per heavy atom. The van der Waals surface area contributed by atoms with Gasteiger partial charge in [-0.25, -0.2) is 13.4 Å². The maximum absolute atomic E-state index is 12.3. The zero-order valence-corrected chi connectivity index (χ0v) is 13.9. The first-order valence-corrected chi connectivity index (χ1v) is 9.48. The number of hydrogen-bond acceptors (Lipinski definition) is 6. The fourth-order valence-corrected chi connectivity index (χ4v) is 4.34. The summed E-state index contributed by atoms with van der Waals surface area (Å²) in [7, 11) is -3.68. The van der Waals surface area contributed by atoms with Gasteiger partial charge in [-0.15, -0.1) is 11.3 Å². The third-order valence-corrected chi connectivity index (χ3v) is 5.79. The lowest BCUT2D eigenvalue weighted by atomic mass is 10.2. The number of anilines is 2. The highest BCUT2D eigenvalue weighted by molar-refractivity contribution is 7.93. The van der Waals surface area contributed by atoms with E-state index in [-0.39, 0.29) is 4.90 Å². The minimum Gasteiger partial charge on any atom is -0.380 e. The molecule has 118 valence electrons. The molecule has 0 amide bonds. The van der Waals surface area contributed by atoms with E-state index in [4.69, 9.17) is 11.6 Å². The Labute approximate surface area is 138 Å². The molecule has 0 radical (unpaired) electrons. The second kappa shape index (κ2) is 6.41. The normalized spacial score (nSPS) is 18.3. The van der Waals surface area contributed by atoms with Crippen LogP contribution >= 0.6 is 22.9 Å². The van der Waals surface area contributed by atoms with Gasteiger partial charge in [-0.05, 0) is 31.2 Å². The zero-order valence-electron chi connectivity index (χ0n) is 11.5. The highest BCUT2D eigenvalue weighted by Crippen LogP contribution is 2.27. The molecular weight excluding hydrogens is 344 g/mol. The van der Waals surface area contributed by atoms with Crippen LogP contribution in [0.1, 0.15) is 6.42 Å². The molecule has 1 aromatic carbocycles. The Kier molecular flexibility index (Phi) is 4.53. The number of hydrogen-bond donors (Lipinski definition) is 3. The number of halogens is 1. The van der Waals surface area contributed by atoms with E-state index < -0.39 is 10.0 Å². The number of benzene rings is 1. The van der Waals surface area contributed by atoms with Gasteiger partial charge in [0, 0.05) is 24.2 Å². The predicted molar refractivity (Wildman–Crippen MR) is 89.3 cm³/mol. The second-order valence-corrected chi connectivity index (χ2v) is 7.90. The van der Waals surface area contributed by atoms with E-state index >= 15 is 0 Å². The van der Waals surface area contributed by atoms with Gasteiger partial charge in [0.25, 0.3) is 10.0 Å². The zero-order chi connectivity index (χ0) is 15.6. The number of aromatic nitrogens is 1. The van der Waals surface area contributed by atoms with Crippen molar-refractivity contribution in [1.29, 1.82) is 0 Å². The summed E-state index contributed by atoms with van der Waals surface area (Å²) in [6.07, 6.45) is 2.56. The van der Waals surface area contributed by atoms with Gasteiger partial charge in [0.05, 0.1) is 15.6 Å². The van der Waals surface area contributed by atoms with Gasteiger partial charge in [0.1, 0.15) is 0 Å². The van der Waals surface area contributed by atoms with Crippen LogP contribution in [0.4, 0.5) is 10.8 Å². The van der Waals surface area contributed by atoms with Gasteiger partial charge in [0.2, 0.25) is 0 Å². The van der Waals surface area contributed by atoms with Gasteiger partial charge in [-0.2, -0.15) is 0 Å². The van der Waals surface area contributed by atoms with Gasteiger partial charge in [-0.1, -0.05) is 11.6 Å². The molecule has 0 spiro atoms. The molecule has 3 rings (SSSR count). The molecule has 1 aliphatic heterocycles. The standard InChI is InChI=1S/C13H15ClN4O2S2/c14-11-7-10(22(19,20)18-13-16-5-6-21-13)1-2-12(11)17-9-3-4-15-8-9/h1-2,5-7,9,15,17H,3-4,8H2,(H,16,18). The molecule has 1 fully saturated rings. The molecule has 1 aliphatic rings. The van der Waals surface area contributed by atoms with E-state index in [1.54, 1.807) is 11.4 Å². The fourth-order valence-electron chi connectivity index (χ4n) is 2.23. The van der Waals surface area contributed by atoms with Gasteiger partial charge >= 0.3 is 0 Å². The van der Waals surface area contributed by atoms with Gasteiger partial charge < -0.3 is 10.6 Å².